The number of nitrogens with zero attached hydrogens (tertiary/aromatic N) is 2. The zero-order valence-electron chi connectivity index (χ0n) is 67.0. The second kappa shape index (κ2) is 52.5. The predicted molar refractivity (Wildman–Crippen MR) is 413 cm³/mol. The fourth-order valence-corrected chi connectivity index (χ4v) is 11.1. The van der Waals surface area contributed by atoms with Crippen LogP contribution in [-0.4, -0.2) is 212 Å². The van der Waals surface area contributed by atoms with Gasteiger partial charge in [-0.3, -0.25) is 81.9 Å². The molecule has 0 saturated carbocycles. The van der Waals surface area contributed by atoms with Crippen LogP contribution in [0.25, 0.3) is 0 Å². The van der Waals surface area contributed by atoms with Crippen molar-refractivity contribution >= 4 is 101 Å². The van der Waals surface area contributed by atoms with Crippen molar-refractivity contribution in [1.82, 2.24) is 74.4 Å². The molecule has 109 heavy (non-hydrogen) atoms. The second-order valence-corrected chi connectivity index (χ2v) is 30.1. The first-order valence-corrected chi connectivity index (χ1v) is 37.8. The number of primary amides is 1. The van der Waals surface area contributed by atoms with Gasteiger partial charge in [-0.15, -0.1) is 0 Å². The Bertz CT molecular complexity index is 3030. The van der Waals surface area contributed by atoms with Crippen LogP contribution < -0.4 is 115 Å². The summed E-state index contributed by atoms with van der Waals surface area (Å²) in [6.07, 6.45) is 2.58. The summed E-state index contributed by atoms with van der Waals surface area (Å²) in [5, 5.41) is 36.8. The van der Waals surface area contributed by atoms with Crippen LogP contribution in [0, 0.1) is 41.4 Å². The number of nitrogens with one attached hydrogen (secondary N) is 14. The molecule has 0 bridgehead atoms. The third-order valence-corrected chi connectivity index (χ3v) is 17.0. The molecule has 15 amide bonds. The summed E-state index contributed by atoms with van der Waals surface area (Å²) in [6.45, 7) is 26.0. The maximum Gasteiger partial charge on any atom is 0.243 e. The maximum atomic E-state index is 14.5. The number of amides is 15. The number of aliphatic imine (C=N–C) groups is 2. The summed E-state index contributed by atoms with van der Waals surface area (Å²) >= 11 is 0. The summed E-state index contributed by atoms with van der Waals surface area (Å²) in [4.78, 5) is 213. The molecular weight excluding hydrogens is 1410 g/mol. The molecule has 622 valence electrons. The van der Waals surface area contributed by atoms with Gasteiger partial charge >= 0.3 is 0 Å². The quantitative estimate of drug-likeness (QED) is 0.0156. The van der Waals surface area contributed by atoms with E-state index in [2.05, 4.69) is 84.4 Å². The van der Waals surface area contributed by atoms with Gasteiger partial charge in [-0.05, 0) is 145 Å². The van der Waals surface area contributed by atoms with Crippen molar-refractivity contribution in [2.45, 2.75) is 267 Å². The molecule has 0 aliphatic heterocycles. The van der Waals surface area contributed by atoms with Crippen LogP contribution in [0.15, 0.2) is 9.98 Å². The molecule has 0 rings (SSSR count). The first-order chi connectivity index (χ1) is 50.9. The van der Waals surface area contributed by atoms with Gasteiger partial charge in [-0.2, -0.15) is 0 Å². The minimum atomic E-state index is -1.36. The summed E-state index contributed by atoms with van der Waals surface area (Å²) in [5.41, 5.74) is 39.0. The van der Waals surface area contributed by atoms with E-state index in [1.54, 1.807) is 83.1 Å². The topological polar surface area (TPSA) is 631 Å². The number of rotatable bonds is 54. The highest BCUT2D eigenvalue weighted by atomic mass is 16.2. The Morgan fingerprint density at radius 2 is 0.569 bits per heavy atom. The maximum absolute atomic E-state index is 14.5. The molecule has 38 nitrogen and oxygen atoms in total. The third-order valence-electron chi connectivity index (χ3n) is 17.0. The van der Waals surface area contributed by atoms with E-state index < -0.39 is 192 Å². The lowest BCUT2D eigenvalue weighted by Gasteiger charge is -2.30. The van der Waals surface area contributed by atoms with Gasteiger partial charge in [-0.25, -0.2) is 0 Å². The average molecular weight is 1550 g/mol. The van der Waals surface area contributed by atoms with Crippen LogP contribution in [0.3, 0.4) is 0 Å². The smallest absolute Gasteiger partial charge is 0.243 e. The summed E-state index contributed by atoms with van der Waals surface area (Å²) < 4.78 is 0. The molecule has 0 aliphatic rings. The fraction of sp³-hybridized carbons (Fsp3) is 0.761. The zero-order chi connectivity index (χ0) is 83.5. The molecule has 0 heterocycles. The van der Waals surface area contributed by atoms with Gasteiger partial charge in [0.1, 0.15) is 72.5 Å². The number of carbonyl (C=O) groups is 15. The molecule has 0 fully saturated rings. The fourth-order valence-electron chi connectivity index (χ4n) is 11.1. The first-order valence-electron chi connectivity index (χ1n) is 37.8. The Morgan fingerprint density at radius 3 is 0.881 bits per heavy atom. The van der Waals surface area contributed by atoms with Gasteiger partial charge in [0.05, 0.1) is 13.1 Å². The van der Waals surface area contributed by atoms with Crippen molar-refractivity contribution in [3.05, 3.63) is 0 Å². The van der Waals surface area contributed by atoms with Gasteiger partial charge in [-0.1, -0.05) is 96.9 Å². The van der Waals surface area contributed by atoms with E-state index in [0.29, 0.717) is 32.2 Å². The monoisotopic (exact) mass is 1550 g/mol. The van der Waals surface area contributed by atoms with Crippen molar-refractivity contribution in [2.24, 2.45) is 91.5 Å². The largest absolute Gasteiger partial charge is 0.370 e. The van der Waals surface area contributed by atoms with Crippen LogP contribution in [0.5, 0.6) is 0 Å². The number of guanidine groups is 2. The highest BCUT2D eigenvalue weighted by Gasteiger charge is 2.38. The van der Waals surface area contributed by atoms with E-state index in [-0.39, 0.29) is 113 Å². The minimum absolute atomic E-state index is 0.0179. The van der Waals surface area contributed by atoms with Gasteiger partial charge < -0.3 is 115 Å². The molecule has 28 N–H and O–H groups in total. The number of hydrogen-bond acceptors (Lipinski definition) is 19. The molecule has 0 aromatic carbocycles. The number of nitrogens with two attached hydrogens (primary N) is 7. The minimum Gasteiger partial charge on any atom is -0.370 e. The molecule has 12 atom stereocenters. The zero-order valence-corrected chi connectivity index (χ0v) is 67.0. The Kier molecular flexibility index (Phi) is 48.0. The van der Waals surface area contributed by atoms with E-state index in [0.717, 1.165) is 0 Å². The van der Waals surface area contributed by atoms with Gasteiger partial charge in [0.15, 0.2) is 11.9 Å². The number of carbonyl (C=O) groups excluding carboxylic acids is 15. The lowest BCUT2D eigenvalue weighted by atomic mass is 9.98. The molecule has 38 heteroatoms. The van der Waals surface area contributed by atoms with E-state index in [9.17, 15) is 71.9 Å². The predicted octanol–water partition coefficient (Wildman–Crippen LogP) is -4.31. The Morgan fingerprint density at radius 1 is 0.294 bits per heavy atom. The van der Waals surface area contributed by atoms with E-state index in [4.69, 9.17) is 40.1 Å². The second-order valence-electron chi connectivity index (χ2n) is 30.1. The van der Waals surface area contributed by atoms with Gasteiger partial charge in [0.2, 0.25) is 88.6 Å². The number of unbranched alkanes of at least 4 members (excludes halogenated alkanes) is 2. The van der Waals surface area contributed by atoms with Crippen LogP contribution in [-0.2, 0) is 71.9 Å². The van der Waals surface area contributed by atoms with Crippen molar-refractivity contribution in [2.75, 3.05) is 39.3 Å². The van der Waals surface area contributed by atoms with Crippen molar-refractivity contribution < 1.29 is 71.9 Å². The lowest BCUT2D eigenvalue weighted by molar-refractivity contribution is -0.136. The van der Waals surface area contributed by atoms with Gasteiger partial charge in [0.25, 0.3) is 0 Å². The Labute approximate surface area is 642 Å². The van der Waals surface area contributed by atoms with Crippen molar-refractivity contribution in [3.8, 4) is 0 Å². The Hall–Kier alpha value is -9.49. The van der Waals surface area contributed by atoms with E-state index in [1.165, 1.54) is 13.8 Å². The van der Waals surface area contributed by atoms with E-state index >= 15 is 0 Å². The van der Waals surface area contributed by atoms with E-state index in [1.807, 2.05) is 13.8 Å². The SMILES string of the molecule is CC(=O)N[C@@H](CCCCN)C(=O)N[C@H](C(=O)N[C@@H](CC(C)C)C(=O)NCC(=O)N[C@@H](CCCN=C(N)N)C(=O)N[C@@H](CC(C)C)C(=O)N[C@H](C(=O)N[C@@H](CCCCN)C(=O)N[C@H](C(=O)N[C@@H](CC(C)C)C(=O)NCC(=O)N[C@@H](CCCN=C(N)N)C(=O)N[C@@H](C)C(=O)N[C@H](C(N)=O)C(C)C)C(C)C)C(C)C)C(C)C. The van der Waals surface area contributed by atoms with Crippen molar-refractivity contribution in [3.63, 3.8) is 0 Å². The first kappa shape index (κ1) is 99.5. The molecule has 0 aromatic heterocycles. The van der Waals surface area contributed by atoms with Crippen molar-refractivity contribution in [1.29, 1.82) is 0 Å². The highest BCUT2D eigenvalue weighted by Crippen LogP contribution is 2.16. The summed E-state index contributed by atoms with van der Waals surface area (Å²) in [5.74, 6) is -14.4. The van der Waals surface area contributed by atoms with Crippen LogP contribution in [0.1, 0.15) is 194 Å². The third kappa shape index (κ3) is 41.6. The standard InChI is InChI=1S/C71H133N23O15/c1-36(2)31-49(89-68(108)56(41(11)12)92-64(104)45(84-44(16)95)23-17-19-27-72)61(101)82-35-53(97)86-47(26-22-30-80-71(77)78)63(103)88-51(33-38(5)6)66(106)94-55(40(9)10)67(107)87-48(24-18-20-28-73)65(105)93-57(42(13)14)69(109)90-50(32-37(3)4)60(100)81-34-52(96)85-46(25-21-29-79-70(75)76)62(102)83-43(15)59(99)91-54(39(7)8)58(74)98/h36-43,45-51,54-57H,17-35,72-73H2,1-16H3,(H2,74,98)(H,81,100)(H,82,101)(H,83,102)(H,84,95)(H,85,96)(H,86,97)(H,87,107)(H,88,103)(H,89,108)(H,90,109)(H,91,99)(H,92,104)(H,93,105)(H,94,106)(H4,75,76,79)(H4,77,78,80)/t43-,45-,46-,47-,48-,49-,50-,51-,54-,55-,56-,57-/m0/s1. The molecule has 0 aliphatic carbocycles. The number of hydrogen-bond donors (Lipinski definition) is 21. The molecule has 0 unspecified atom stereocenters. The molecule has 0 aromatic rings. The molecule has 0 saturated heterocycles. The average Bonchev–Trinajstić information content (AvgIpc) is 0.859. The highest BCUT2D eigenvalue weighted by molar-refractivity contribution is 6.00. The molecule has 0 spiro atoms. The van der Waals surface area contributed by atoms with Crippen LogP contribution >= 0.6 is 0 Å². The van der Waals surface area contributed by atoms with Crippen LogP contribution in [0.2, 0.25) is 0 Å². The summed E-state index contributed by atoms with van der Waals surface area (Å²) in [7, 11) is 0. The molecular formula is C71H133N23O15. The summed E-state index contributed by atoms with van der Waals surface area (Å²) in [6, 6.07) is -14.7. The Balaban J connectivity index is 6.76. The normalized spacial score (nSPS) is 14.6. The molecule has 0 radical (unpaired) electrons. The van der Waals surface area contributed by atoms with Gasteiger partial charge in [0, 0.05) is 20.0 Å². The van der Waals surface area contributed by atoms with Crippen LogP contribution in [0.4, 0.5) is 0 Å². The lowest BCUT2D eigenvalue weighted by Crippen LogP contribution is -2.61.